The maximum Gasteiger partial charge on any atom is 0.213 e. The molecule has 48 heavy (non-hydrogen) atoms. The summed E-state index contributed by atoms with van der Waals surface area (Å²) < 4.78 is 56.6. The minimum atomic E-state index is -0.414. The quantitative estimate of drug-likeness (QED) is 0.192. The normalized spacial score (nSPS) is 13.2. The summed E-state index contributed by atoms with van der Waals surface area (Å²) in [6, 6.07) is 44.7. The third kappa shape index (κ3) is 4.03. The van der Waals surface area contributed by atoms with Crippen LogP contribution in [0.2, 0.25) is 0 Å². The summed E-state index contributed by atoms with van der Waals surface area (Å²) in [5.41, 5.74) is 8.31. The van der Waals surface area contributed by atoms with Crippen LogP contribution >= 0.6 is 0 Å². The fraction of sp³-hybridized carbons (Fsp3) is 0. The van der Waals surface area contributed by atoms with Gasteiger partial charge >= 0.3 is 0 Å². The lowest BCUT2D eigenvalue weighted by Gasteiger charge is -2.26. The number of para-hydroxylation sites is 4. The Balaban J connectivity index is 1.15. The van der Waals surface area contributed by atoms with Gasteiger partial charge in [0.05, 0.1) is 23.4 Å². The second-order valence-corrected chi connectivity index (χ2v) is 11.8. The molecule has 226 valence electrons. The van der Waals surface area contributed by atoms with Crippen LogP contribution < -0.4 is 4.90 Å². The summed E-state index contributed by atoms with van der Waals surface area (Å²) in [4.78, 5) is 2.12. The zero-order chi connectivity index (χ0) is 36.0. The molecule has 0 spiro atoms. The Morgan fingerprint density at radius 1 is 0.500 bits per heavy atom. The van der Waals surface area contributed by atoms with Gasteiger partial charge in [-0.1, -0.05) is 109 Å². The number of aromatic nitrogens is 1. The number of hydrogen-bond donors (Lipinski definition) is 0. The molecule has 0 aliphatic heterocycles. The molecule has 0 amide bonds. The summed E-state index contributed by atoms with van der Waals surface area (Å²) in [7, 11) is 0. The fourth-order valence-electron chi connectivity index (χ4n) is 6.95. The van der Waals surface area contributed by atoms with Gasteiger partial charge in [-0.2, -0.15) is 0 Å². The maximum atomic E-state index is 8.53. The van der Waals surface area contributed by atoms with Gasteiger partial charge in [-0.3, -0.25) is 4.57 Å². The molecule has 3 heterocycles. The molecule has 7 aromatic carbocycles. The first-order valence-corrected chi connectivity index (χ1v) is 15.8. The number of hydrogen-bond acceptors (Lipinski definition) is 3. The van der Waals surface area contributed by atoms with Crippen LogP contribution in [0.1, 0.15) is 6.85 Å². The number of anilines is 3. The van der Waals surface area contributed by atoms with Gasteiger partial charge in [-0.25, -0.2) is 0 Å². The van der Waals surface area contributed by atoms with Crippen molar-refractivity contribution in [3.05, 3.63) is 170 Å². The average molecular weight is 622 g/mol. The molecule has 0 radical (unpaired) electrons. The zero-order valence-corrected chi connectivity index (χ0v) is 25.5. The number of rotatable bonds is 5. The van der Waals surface area contributed by atoms with Crippen molar-refractivity contribution in [2.24, 2.45) is 0 Å². The summed E-state index contributed by atoms with van der Waals surface area (Å²) >= 11 is 0. The van der Waals surface area contributed by atoms with Gasteiger partial charge < -0.3 is 13.7 Å². The Morgan fingerprint density at radius 3 is 1.90 bits per heavy atom. The highest BCUT2D eigenvalue weighted by molar-refractivity contribution is 6.20. The van der Waals surface area contributed by atoms with Crippen molar-refractivity contribution in [1.82, 2.24) is 4.57 Å². The molecule has 10 aromatic rings. The number of furan rings is 2. The van der Waals surface area contributed by atoms with E-state index >= 15 is 0 Å². The van der Waals surface area contributed by atoms with E-state index in [2.05, 4.69) is 70.1 Å². The first-order chi connectivity index (χ1) is 25.9. The van der Waals surface area contributed by atoms with E-state index in [1.807, 2.05) is 66.7 Å². The van der Waals surface area contributed by atoms with Crippen molar-refractivity contribution in [1.29, 1.82) is 0 Å². The molecule has 0 saturated carbocycles. The predicted octanol–water partition coefficient (Wildman–Crippen LogP) is 12.6. The number of fused-ring (bicyclic) bond motifs is 8. The summed E-state index contributed by atoms with van der Waals surface area (Å²) in [6.45, 7) is 0. The van der Waals surface area contributed by atoms with Crippen LogP contribution in [-0.4, -0.2) is 4.57 Å². The van der Waals surface area contributed by atoms with Crippen LogP contribution in [-0.2, 0) is 0 Å². The third-order valence-electron chi connectivity index (χ3n) is 9.10. The first kappa shape index (κ1) is 22.1. The molecule has 10 rings (SSSR count). The van der Waals surface area contributed by atoms with Crippen molar-refractivity contribution < 1.29 is 15.7 Å². The lowest BCUT2D eigenvalue weighted by molar-refractivity contribution is 0.645. The summed E-state index contributed by atoms with van der Waals surface area (Å²) in [5, 5.41) is 5.28. The van der Waals surface area contributed by atoms with E-state index in [4.69, 9.17) is 15.7 Å². The Labute approximate surface area is 283 Å². The second kappa shape index (κ2) is 10.5. The predicted molar refractivity (Wildman–Crippen MR) is 198 cm³/mol. The highest BCUT2D eigenvalue weighted by Gasteiger charge is 2.21. The fourth-order valence-corrected chi connectivity index (χ4v) is 6.95. The largest absolute Gasteiger partial charge is 0.454 e. The van der Waals surface area contributed by atoms with E-state index in [9.17, 15) is 0 Å². The third-order valence-corrected chi connectivity index (χ3v) is 9.10. The zero-order valence-electron chi connectivity index (χ0n) is 30.5. The van der Waals surface area contributed by atoms with Crippen molar-refractivity contribution in [3.8, 4) is 16.8 Å². The number of nitrogens with zero attached hydrogens (tertiary/aromatic N) is 2. The first-order valence-electron chi connectivity index (χ1n) is 18.3. The Kier molecular flexibility index (Phi) is 4.84. The molecule has 0 aliphatic rings. The molecule has 3 aromatic heterocycles. The topological polar surface area (TPSA) is 34.5 Å². The molecule has 0 aliphatic carbocycles. The summed E-state index contributed by atoms with van der Waals surface area (Å²) in [6.07, 6.45) is 0. The van der Waals surface area contributed by atoms with Gasteiger partial charge in [0, 0.05) is 38.6 Å². The van der Waals surface area contributed by atoms with E-state index in [-0.39, 0.29) is 29.7 Å². The van der Waals surface area contributed by atoms with Gasteiger partial charge in [0.2, 0.25) is 5.71 Å². The van der Waals surface area contributed by atoms with E-state index in [0.717, 1.165) is 77.7 Å². The van der Waals surface area contributed by atoms with Gasteiger partial charge in [0.1, 0.15) is 11.2 Å². The average Bonchev–Trinajstić information content (AvgIpc) is 3.87. The Bertz CT molecular complexity index is 3040. The minimum Gasteiger partial charge on any atom is -0.454 e. The van der Waals surface area contributed by atoms with Crippen LogP contribution in [0.25, 0.3) is 71.7 Å². The van der Waals surface area contributed by atoms with Crippen molar-refractivity contribution >= 4 is 72.0 Å². The second-order valence-electron chi connectivity index (χ2n) is 11.8. The molecule has 0 atom stereocenters. The van der Waals surface area contributed by atoms with Crippen LogP contribution in [0.5, 0.6) is 0 Å². The van der Waals surface area contributed by atoms with Crippen molar-refractivity contribution in [2.75, 3.05) is 4.90 Å². The van der Waals surface area contributed by atoms with Gasteiger partial charge in [0.25, 0.3) is 0 Å². The highest BCUT2D eigenvalue weighted by atomic mass is 16.3. The highest BCUT2D eigenvalue weighted by Crippen LogP contribution is 2.43. The maximum absolute atomic E-state index is 8.53. The Morgan fingerprint density at radius 2 is 1.12 bits per heavy atom. The molecule has 0 N–H and O–H groups in total. The molecule has 4 nitrogen and oxygen atoms in total. The molecule has 4 heteroatoms. The summed E-state index contributed by atoms with van der Waals surface area (Å²) in [5.74, 6) is 0. The van der Waals surface area contributed by atoms with Gasteiger partial charge in [-0.05, 0) is 71.8 Å². The van der Waals surface area contributed by atoms with Crippen LogP contribution in [0.15, 0.2) is 179 Å². The minimum absolute atomic E-state index is 0.161. The van der Waals surface area contributed by atoms with Gasteiger partial charge in [-0.15, -0.1) is 0 Å². The molecule has 0 saturated heterocycles. The van der Waals surface area contributed by atoms with Crippen molar-refractivity contribution in [2.45, 2.75) is 0 Å². The molecular weight excluding hydrogens is 588 g/mol. The van der Waals surface area contributed by atoms with Gasteiger partial charge in [0.15, 0.2) is 5.58 Å². The molecule has 0 fully saturated rings. The molecule has 0 bridgehead atoms. The van der Waals surface area contributed by atoms with E-state index in [1.54, 1.807) is 12.1 Å². The standard InChI is InChI=1S/C44H28N2O2/c1-2-11-29(12-3-1)30-21-23-31(24-22-30)45(39-18-10-16-35-34-13-5-8-19-40(34)47-43(35)39)32-25-27-33(28-26-32)46-38-17-7-4-14-36(38)42-37-15-6-9-20-41(37)48-44(42)46/h1-28H/i1D,2D,3D,11D,12D. The molecular formula is C44H28N2O2. The van der Waals surface area contributed by atoms with E-state index < -0.39 is 6.04 Å². The lowest BCUT2D eigenvalue weighted by Crippen LogP contribution is -2.10. The van der Waals surface area contributed by atoms with Crippen LogP contribution in [0.3, 0.4) is 0 Å². The van der Waals surface area contributed by atoms with E-state index in [1.165, 1.54) is 0 Å². The number of benzene rings is 7. The van der Waals surface area contributed by atoms with E-state index in [0.29, 0.717) is 5.56 Å². The molecule has 0 unspecified atom stereocenters. The SMILES string of the molecule is [2H]c1c([2H])c([2H])c(-c2ccc(N(c3ccc(-n4c5ccccc5c5c6ccccc6oc54)cc3)c3cccc4c3oc3ccccc34)cc2)c([2H])c1[2H]. The smallest absolute Gasteiger partial charge is 0.213 e. The Hall–Kier alpha value is -6.52. The van der Waals surface area contributed by atoms with Crippen LogP contribution in [0.4, 0.5) is 17.1 Å². The van der Waals surface area contributed by atoms with Crippen LogP contribution in [0, 0.1) is 0 Å². The van der Waals surface area contributed by atoms with Crippen molar-refractivity contribution in [3.63, 3.8) is 0 Å². The monoisotopic (exact) mass is 621 g/mol. The lowest BCUT2D eigenvalue weighted by atomic mass is 10.0.